The third-order valence-electron chi connectivity index (χ3n) is 2.92. The van der Waals surface area contributed by atoms with Gasteiger partial charge in [-0.25, -0.2) is 10.4 Å². The van der Waals surface area contributed by atoms with E-state index in [-0.39, 0.29) is 6.04 Å². The van der Waals surface area contributed by atoms with Gasteiger partial charge >= 0.3 is 0 Å². The zero-order valence-electron chi connectivity index (χ0n) is 9.18. The molecule has 4 N–H and O–H groups in total. The van der Waals surface area contributed by atoms with Gasteiger partial charge in [0, 0.05) is 6.42 Å². The summed E-state index contributed by atoms with van der Waals surface area (Å²) in [6.07, 6.45) is 2.41. The Labute approximate surface area is 98.2 Å². The highest BCUT2D eigenvalue weighted by molar-refractivity contribution is 5.41. The highest BCUT2D eigenvalue weighted by Gasteiger charge is 2.19. The Balaban J connectivity index is 1.97. The molecule has 0 aliphatic carbocycles. The quantitative estimate of drug-likeness (QED) is 0.522. The second-order valence-corrected chi connectivity index (χ2v) is 3.94. The number of fused-ring (bicyclic) bond motifs is 1. The van der Waals surface area contributed by atoms with Crippen LogP contribution in [0.15, 0.2) is 24.5 Å². The van der Waals surface area contributed by atoms with Gasteiger partial charge in [-0.3, -0.25) is 10.9 Å². The van der Waals surface area contributed by atoms with Gasteiger partial charge in [-0.2, -0.15) is 5.10 Å². The highest BCUT2D eigenvalue weighted by atomic mass is 16.5. The summed E-state index contributed by atoms with van der Waals surface area (Å²) in [7, 11) is 0. The number of hydrazine groups is 1. The smallest absolute Gasteiger partial charge is 0.147 e. The van der Waals surface area contributed by atoms with Crippen molar-refractivity contribution in [1.29, 1.82) is 0 Å². The second kappa shape index (κ2) is 4.15. The number of aromatic amines is 1. The summed E-state index contributed by atoms with van der Waals surface area (Å²) < 4.78 is 5.47. The van der Waals surface area contributed by atoms with Gasteiger partial charge in [-0.1, -0.05) is 6.07 Å². The number of nitrogens with one attached hydrogen (secondary N) is 2. The number of aromatic nitrogens is 3. The molecule has 0 amide bonds. The van der Waals surface area contributed by atoms with Crippen LogP contribution in [0, 0.1) is 0 Å². The first-order valence-electron chi connectivity index (χ1n) is 5.45. The minimum Gasteiger partial charge on any atom is -0.493 e. The van der Waals surface area contributed by atoms with Gasteiger partial charge in [0.25, 0.3) is 0 Å². The fourth-order valence-electron chi connectivity index (χ4n) is 2.07. The largest absolute Gasteiger partial charge is 0.493 e. The van der Waals surface area contributed by atoms with Crippen LogP contribution in [0.5, 0.6) is 5.75 Å². The average Bonchev–Trinajstić information content (AvgIpc) is 2.99. The zero-order valence-corrected chi connectivity index (χ0v) is 9.18. The average molecular weight is 231 g/mol. The molecule has 3 rings (SSSR count). The monoisotopic (exact) mass is 231 g/mol. The molecule has 0 saturated carbocycles. The van der Waals surface area contributed by atoms with Crippen LogP contribution in [0.3, 0.4) is 0 Å². The van der Waals surface area contributed by atoms with E-state index in [0.717, 1.165) is 24.3 Å². The summed E-state index contributed by atoms with van der Waals surface area (Å²) in [5.74, 6) is 7.23. The molecule has 0 saturated heterocycles. The number of benzene rings is 1. The molecule has 2 heterocycles. The van der Waals surface area contributed by atoms with Gasteiger partial charge in [-0.15, -0.1) is 0 Å². The molecular weight excluding hydrogens is 218 g/mol. The first-order chi connectivity index (χ1) is 8.38. The maximum absolute atomic E-state index is 5.57. The Kier molecular flexibility index (Phi) is 2.50. The number of nitrogens with zero attached hydrogens (tertiary/aromatic N) is 2. The van der Waals surface area contributed by atoms with Crippen LogP contribution < -0.4 is 16.0 Å². The lowest BCUT2D eigenvalue weighted by molar-refractivity contribution is 0.356. The van der Waals surface area contributed by atoms with Crippen LogP contribution >= 0.6 is 0 Å². The number of hydrogen-bond donors (Lipinski definition) is 3. The second-order valence-electron chi connectivity index (χ2n) is 3.94. The molecule has 1 aliphatic heterocycles. The van der Waals surface area contributed by atoms with Crippen molar-refractivity contribution in [3.63, 3.8) is 0 Å². The SMILES string of the molecule is NNC(c1ccc2c(c1)CCO2)c1ncn[nH]1. The van der Waals surface area contributed by atoms with Crippen LogP contribution in [-0.2, 0) is 6.42 Å². The molecular formula is C11H13N5O. The molecule has 2 aromatic rings. The maximum Gasteiger partial charge on any atom is 0.147 e. The molecule has 0 spiro atoms. The molecule has 1 unspecified atom stereocenters. The van der Waals surface area contributed by atoms with Crippen molar-refractivity contribution < 1.29 is 4.74 Å². The van der Waals surface area contributed by atoms with E-state index in [1.165, 1.54) is 11.9 Å². The molecule has 6 nitrogen and oxygen atoms in total. The van der Waals surface area contributed by atoms with Crippen molar-refractivity contribution in [3.05, 3.63) is 41.5 Å². The van der Waals surface area contributed by atoms with E-state index < -0.39 is 0 Å². The van der Waals surface area contributed by atoms with Gasteiger partial charge in [0.15, 0.2) is 0 Å². The number of hydrogen-bond acceptors (Lipinski definition) is 5. The number of rotatable bonds is 3. The molecule has 88 valence electrons. The lowest BCUT2D eigenvalue weighted by atomic mass is 10.0. The zero-order chi connectivity index (χ0) is 11.7. The van der Waals surface area contributed by atoms with E-state index in [9.17, 15) is 0 Å². The third kappa shape index (κ3) is 1.77. The number of nitrogens with two attached hydrogens (primary N) is 1. The van der Waals surface area contributed by atoms with E-state index in [1.807, 2.05) is 12.1 Å². The van der Waals surface area contributed by atoms with Crippen molar-refractivity contribution in [2.24, 2.45) is 5.84 Å². The lowest BCUT2D eigenvalue weighted by Crippen LogP contribution is -2.29. The first-order valence-corrected chi connectivity index (χ1v) is 5.45. The van der Waals surface area contributed by atoms with Crippen LogP contribution in [0.1, 0.15) is 23.0 Å². The van der Waals surface area contributed by atoms with E-state index >= 15 is 0 Å². The molecule has 0 bridgehead atoms. The highest BCUT2D eigenvalue weighted by Crippen LogP contribution is 2.29. The molecule has 0 fully saturated rings. The lowest BCUT2D eigenvalue weighted by Gasteiger charge is -2.14. The van der Waals surface area contributed by atoms with Gasteiger partial charge in [-0.05, 0) is 23.3 Å². The molecule has 6 heteroatoms. The molecule has 1 aromatic carbocycles. The van der Waals surface area contributed by atoms with E-state index in [0.29, 0.717) is 5.82 Å². The standard InChI is InChI=1S/C11H13N5O/c12-15-10(11-13-6-14-16-11)8-1-2-9-7(5-8)3-4-17-9/h1-2,5-6,10,15H,3-4,12H2,(H,13,14,16). The fraction of sp³-hybridized carbons (Fsp3) is 0.273. The van der Waals surface area contributed by atoms with E-state index in [1.54, 1.807) is 0 Å². The third-order valence-corrected chi connectivity index (χ3v) is 2.92. The predicted molar refractivity (Wildman–Crippen MR) is 61.2 cm³/mol. The van der Waals surface area contributed by atoms with Crippen molar-refractivity contribution >= 4 is 0 Å². The Morgan fingerprint density at radius 1 is 1.47 bits per heavy atom. The topological polar surface area (TPSA) is 88.8 Å². The van der Waals surface area contributed by atoms with Gasteiger partial charge in [0.1, 0.15) is 23.9 Å². The van der Waals surface area contributed by atoms with Gasteiger partial charge < -0.3 is 4.74 Å². The van der Waals surface area contributed by atoms with Crippen LogP contribution in [0.25, 0.3) is 0 Å². The Bertz CT molecular complexity index is 511. The summed E-state index contributed by atoms with van der Waals surface area (Å²) in [6, 6.07) is 5.87. The summed E-state index contributed by atoms with van der Waals surface area (Å²) in [4.78, 5) is 4.12. The molecule has 17 heavy (non-hydrogen) atoms. The molecule has 0 radical (unpaired) electrons. The summed E-state index contributed by atoms with van der Waals surface area (Å²) in [5, 5.41) is 6.65. The Morgan fingerprint density at radius 3 is 3.18 bits per heavy atom. The maximum atomic E-state index is 5.57. The summed E-state index contributed by atoms with van der Waals surface area (Å²) in [6.45, 7) is 0.752. The van der Waals surface area contributed by atoms with Crippen LogP contribution in [-0.4, -0.2) is 21.8 Å². The van der Waals surface area contributed by atoms with Gasteiger partial charge in [0.05, 0.1) is 6.61 Å². The van der Waals surface area contributed by atoms with Crippen molar-refractivity contribution in [2.75, 3.05) is 6.61 Å². The molecule has 1 aromatic heterocycles. The minimum absolute atomic E-state index is 0.177. The van der Waals surface area contributed by atoms with Crippen LogP contribution in [0.4, 0.5) is 0 Å². The predicted octanol–water partition coefficient (Wildman–Crippen LogP) is 0.292. The Morgan fingerprint density at radius 2 is 2.41 bits per heavy atom. The fourth-order valence-corrected chi connectivity index (χ4v) is 2.07. The number of H-pyrrole nitrogens is 1. The van der Waals surface area contributed by atoms with E-state index in [2.05, 4.69) is 26.7 Å². The Hall–Kier alpha value is -1.92. The summed E-state index contributed by atoms with van der Waals surface area (Å²) >= 11 is 0. The van der Waals surface area contributed by atoms with E-state index in [4.69, 9.17) is 10.6 Å². The summed E-state index contributed by atoms with van der Waals surface area (Å²) in [5.41, 5.74) is 5.00. The number of ether oxygens (including phenoxy) is 1. The van der Waals surface area contributed by atoms with Crippen molar-refractivity contribution in [1.82, 2.24) is 20.6 Å². The first kappa shape index (κ1) is 10.2. The normalized spacial score (nSPS) is 15.4. The molecule has 1 aliphatic rings. The van der Waals surface area contributed by atoms with Crippen molar-refractivity contribution in [3.8, 4) is 5.75 Å². The van der Waals surface area contributed by atoms with Gasteiger partial charge in [0.2, 0.25) is 0 Å². The molecule has 1 atom stereocenters. The van der Waals surface area contributed by atoms with Crippen molar-refractivity contribution in [2.45, 2.75) is 12.5 Å². The minimum atomic E-state index is -0.177. The van der Waals surface area contributed by atoms with Crippen LogP contribution in [0.2, 0.25) is 0 Å².